The molecule has 0 amide bonds. The lowest BCUT2D eigenvalue weighted by Gasteiger charge is -2.22. The van der Waals surface area contributed by atoms with Gasteiger partial charge in [-0.25, -0.2) is 0 Å². The lowest BCUT2D eigenvalue weighted by molar-refractivity contribution is 0.748. The Morgan fingerprint density at radius 3 is 1.05 bits per heavy atom. The summed E-state index contributed by atoms with van der Waals surface area (Å²) in [4.78, 5) is 0. The number of benzene rings is 2. The van der Waals surface area contributed by atoms with Crippen LogP contribution in [0.4, 0.5) is 0 Å². The summed E-state index contributed by atoms with van der Waals surface area (Å²) in [6.07, 6.45) is 0. The molecule has 0 bridgehead atoms. The standard InChI is InChI=1S/C15H24.C6H6/c1-10(2)13-8-7-9-14(11(3)4)15(13)12(5)6;1-2-4-6-5-3-1/h7-12H,1-6H3;1-6H. The zero-order chi connectivity index (χ0) is 15.8. The Bertz CT molecular complexity index is 454. The van der Waals surface area contributed by atoms with E-state index in [1.165, 1.54) is 11.1 Å². The first-order valence-electron chi connectivity index (χ1n) is 8.07. The topological polar surface area (TPSA) is 0 Å². The van der Waals surface area contributed by atoms with E-state index in [1.54, 1.807) is 5.56 Å². The summed E-state index contributed by atoms with van der Waals surface area (Å²) in [7, 11) is 0. The second-order valence-corrected chi connectivity index (χ2v) is 6.47. The van der Waals surface area contributed by atoms with Crippen molar-refractivity contribution in [3.63, 3.8) is 0 Å². The molecule has 0 fully saturated rings. The minimum atomic E-state index is 0.626. The summed E-state index contributed by atoms with van der Waals surface area (Å²) in [5, 5.41) is 0. The molecule has 0 aliphatic carbocycles. The third-order valence-corrected chi connectivity index (χ3v) is 3.66. The van der Waals surface area contributed by atoms with E-state index in [9.17, 15) is 0 Å². The molecule has 0 saturated heterocycles. The van der Waals surface area contributed by atoms with Gasteiger partial charge < -0.3 is 0 Å². The van der Waals surface area contributed by atoms with Crippen molar-refractivity contribution in [1.82, 2.24) is 0 Å². The first kappa shape index (κ1) is 17.5. The Morgan fingerprint density at radius 2 is 0.810 bits per heavy atom. The Balaban J connectivity index is 0.000000304. The molecule has 0 aliphatic heterocycles. The molecule has 0 heteroatoms. The van der Waals surface area contributed by atoms with Crippen LogP contribution in [0.1, 0.15) is 76.0 Å². The maximum Gasteiger partial charge on any atom is -0.0213 e. The van der Waals surface area contributed by atoms with Gasteiger partial charge in [0.05, 0.1) is 0 Å². The lowest BCUT2D eigenvalue weighted by Crippen LogP contribution is -2.04. The van der Waals surface area contributed by atoms with Crippen molar-refractivity contribution in [2.24, 2.45) is 0 Å². The van der Waals surface area contributed by atoms with Crippen LogP contribution in [0.25, 0.3) is 0 Å². The number of hydrogen-bond acceptors (Lipinski definition) is 0. The van der Waals surface area contributed by atoms with Gasteiger partial charge in [0.2, 0.25) is 0 Å². The van der Waals surface area contributed by atoms with Crippen molar-refractivity contribution in [2.45, 2.75) is 59.3 Å². The molecular weight excluding hydrogens is 252 g/mol. The van der Waals surface area contributed by atoms with Crippen molar-refractivity contribution in [3.8, 4) is 0 Å². The van der Waals surface area contributed by atoms with E-state index in [1.807, 2.05) is 36.4 Å². The monoisotopic (exact) mass is 282 g/mol. The predicted octanol–water partition coefficient (Wildman–Crippen LogP) is 6.74. The molecule has 0 aromatic heterocycles. The largest absolute Gasteiger partial charge is 0.0623 e. The Morgan fingerprint density at radius 1 is 0.476 bits per heavy atom. The Hall–Kier alpha value is -1.56. The van der Waals surface area contributed by atoms with Crippen molar-refractivity contribution in [3.05, 3.63) is 71.3 Å². The second-order valence-electron chi connectivity index (χ2n) is 6.47. The first-order chi connectivity index (χ1) is 9.95. The first-order valence-corrected chi connectivity index (χ1v) is 8.07. The molecule has 0 aliphatic rings. The molecule has 0 N–H and O–H groups in total. The summed E-state index contributed by atoms with van der Waals surface area (Å²) in [5.41, 5.74) is 4.62. The van der Waals surface area contributed by atoms with Gasteiger partial charge in [-0.15, -0.1) is 0 Å². The molecule has 0 heterocycles. The molecule has 0 nitrogen and oxygen atoms in total. The highest BCUT2D eigenvalue weighted by molar-refractivity contribution is 5.40. The molecule has 2 aromatic rings. The third-order valence-electron chi connectivity index (χ3n) is 3.66. The molecule has 2 rings (SSSR count). The highest BCUT2D eigenvalue weighted by atomic mass is 14.2. The smallest absolute Gasteiger partial charge is 0.0213 e. The second kappa shape index (κ2) is 8.67. The van der Waals surface area contributed by atoms with E-state index in [2.05, 4.69) is 59.7 Å². The maximum atomic E-state index is 2.30. The van der Waals surface area contributed by atoms with Gasteiger partial charge in [0, 0.05) is 0 Å². The summed E-state index contributed by atoms with van der Waals surface area (Å²) >= 11 is 0. The van der Waals surface area contributed by atoms with Crippen LogP contribution in [-0.2, 0) is 0 Å². The average Bonchev–Trinajstić information content (AvgIpc) is 2.48. The quantitative estimate of drug-likeness (QED) is 0.584. The van der Waals surface area contributed by atoms with Crippen molar-refractivity contribution < 1.29 is 0 Å². The SMILES string of the molecule is CC(C)c1cccc(C(C)C)c1C(C)C.c1ccccc1. The van der Waals surface area contributed by atoms with Gasteiger partial charge in [-0.05, 0) is 34.4 Å². The summed E-state index contributed by atoms with van der Waals surface area (Å²) in [6, 6.07) is 18.8. The highest BCUT2D eigenvalue weighted by Gasteiger charge is 2.15. The van der Waals surface area contributed by atoms with E-state index in [0.29, 0.717) is 17.8 Å². The summed E-state index contributed by atoms with van der Waals surface area (Å²) in [5.74, 6) is 1.88. The summed E-state index contributed by atoms with van der Waals surface area (Å²) in [6.45, 7) is 13.7. The van der Waals surface area contributed by atoms with Gasteiger partial charge in [-0.1, -0.05) is 96.1 Å². The van der Waals surface area contributed by atoms with Gasteiger partial charge in [-0.3, -0.25) is 0 Å². The van der Waals surface area contributed by atoms with E-state index < -0.39 is 0 Å². The highest BCUT2D eigenvalue weighted by Crippen LogP contribution is 2.32. The fourth-order valence-corrected chi connectivity index (χ4v) is 2.66. The van der Waals surface area contributed by atoms with Crippen LogP contribution in [0.2, 0.25) is 0 Å². The molecule has 114 valence electrons. The maximum absolute atomic E-state index is 2.30. The van der Waals surface area contributed by atoms with E-state index in [0.717, 1.165) is 0 Å². The molecule has 0 unspecified atom stereocenters. The van der Waals surface area contributed by atoms with Crippen LogP contribution in [0.3, 0.4) is 0 Å². The van der Waals surface area contributed by atoms with Crippen LogP contribution in [-0.4, -0.2) is 0 Å². The zero-order valence-corrected chi connectivity index (χ0v) is 14.4. The molecule has 21 heavy (non-hydrogen) atoms. The molecule has 0 radical (unpaired) electrons. The fourth-order valence-electron chi connectivity index (χ4n) is 2.66. The Labute approximate surface area is 131 Å². The van der Waals surface area contributed by atoms with Crippen LogP contribution < -0.4 is 0 Å². The van der Waals surface area contributed by atoms with Gasteiger partial charge in [0.15, 0.2) is 0 Å². The number of hydrogen-bond donors (Lipinski definition) is 0. The minimum Gasteiger partial charge on any atom is -0.0623 e. The molecule has 0 atom stereocenters. The van der Waals surface area contributed by atoms with Gasteiger partial charge in [0.25, 0.3) is 0 Å². The van der Waals surface area contributed by atoms with E-state index in [4.69, 9.17) is 0 Å². The zero-order valence-electron chi connectivity index (χ0n) is 14.4. The van der Waals surface area contributed by atoms with E-state index in [-0.39, 0.29) is 0 Å². The minimum absolute atomic E-state index is 0.626. The fraction of sp³-hybridized carbons (Fsp3) is 0.429. The number of rotatable bonds is 3. The molecule has 0 spiro atoms. The molecular formula is C21H30. The normalized spacial score (nSPS) is 10.7. The molecule has 0 saturated carbocycles. The van der Waals surface area contributed by atoms with E-state index >= 15 is 0 Å². The van der Waals surface area contributed by atoms with Crippen molar-refractivity contribution in [1.29, 1.82) is 0 Å². The van der Waals surface area contributed by atoms with Crippen molar-refractivity contribution in [2.75, 3.05) is 0 Å². The summed E-state index contributed by atoms with van der Waals surface area (Å²) < 4.78 is 0. The van der Waals surface area contributed by atoms with Crippen LogP contribution in [0, 0.1) is 0 Å². The van der Waals surface area contributed by atoms with Crippen LogP contribution in [0.15, 0.2) is 54.6 Å². The van der Waals surface area contributed by atoms with Crippen LogP contribution in [0.5, 0.6) is 0 Å². The Kier molecular flexibility index (Phi) is 7.22. The van der Waals surface area contributed by atoms with Crippen LogP contribution >= 0.6 is 0 Å². The lowest BCUT2D eigenvalue weighted by atomic mass is 9.83. The third kappa shape index (κ3) is 5.38. The predicted molar refractivity (Wildman–Crippen MR) is 95.2 cm³/mol. The van der Waals surface area contributed by atoms with Gasteiger partial charge in [-0.2, -0.15) is 0 Å². The van der Waals surface area contributed by atoms with Gasteiger partial charge >= 0.3 is 0 Å². The van der Waals surface area contributed by atoms with Gasteiger partial charge in [0.1, 0.15) is 0 Å². The van der Waals surface area contributed by atoms with Crippen molar-refractivity contribution >= 4 is 0 Å². The molecule has 2 aromatic carbocycles. The average molecular weight is 282 g/mol.